The molecule has 1 aromatic carbocycles. The van der Waals surface area contributed by atoms with Gasteiger partial charge in [0, 0.05) is 37.1 Å². The van der Waals surface area contributed by atoms with Crippen molar-refractivity contribution >= 4 is 11.6 Å². The fraction of sp³-hybridized carbons (Fsp3) is 0.550. The molecule has 1 amide bonds. The number of amides is 1. The Labute approximate surface area is 144 Å². The molecule has 24 heavy (non-hydrogen) atoms. The lowest BCUT2D eigenvalue weighted by Crippen LogP contribution is -2.50. The summed E-state index contributed by atoms with van der Waals surface area (Å²) in [5, 5.41) is 3.45. The summed E-state index contributed by atoms with van der Waals surface area (Å²) in [6.45, 7) is 5.07. The number of rotatable bonds is 2. The highest BCUT2D eigenvalue weighted by Crippen LogP contribution is 2.38. The Morgan fingerprint density at radius 2 is 1.83 bits per heavy atom. The molecule has 0 aliphatic carbocycles. The van der Waals surface area contributed by atoms with E-state index < -0.39 is 0 Å². The number of likely N-dealkylation sites (tertiary alicyclic amines) is 1. The van der Waals surface area contributed by atoms with Crippen LogP contribution < -0.4 is 10.2 Å². The molecule has 4 nitrogen and oxygen atoms in total. The molecule has 3 aliphatic rings. The maximum atomic E-state index is 12.9. The second kappa shape index (κ2) is 6.60. The van der Waals surface area contributed by atoms with Crippen LogP contribution in [0.3, 0.4) is 0 Å². The fourth-order valence-electron chi connectivity index (χ4n) is 4.43. The van der Waals surface area contributed by atoms with Crippen LogP contribution in [0.2, 0.25) is 0 Å². The molecule has 3 heterocycles. The molecule has 4 rings (SSSR count). The molecule has 0 unspecified atom stereocenters. The van der Waals surface area contributed by atoms with Crippen molar-refractivity contribution in [2.24, 2.45) is 5.41 Å². The molecule has 4 heteroatoms. The van der Waals surface area contributed by atoms with Gasteiger partial charge in [0.1, 0.15) is 0 Å². The highest BCUT2D eigenvalue weighted by molar-refractivity contribution is 5.94. The van der Waals surface area contributed by atoms with Gasteiger partial charge in [0.05, 0.1) is 0 Å². The average Bonchev–Trinajstić information content (AvgIpc) is 3.17. The van der Waals surface area contributed by atoms with Crippen LogP contribution in [0, 0.1) is 5.41 Å². The Kier molecular flexibility index (Phi) is 4.31. The van der Waals surface area contributed by atoms with Crippen LogP contribution in [0.25, 0.3) is 0 Å². The van der Waals surface area contributed by atoms with Crippen molar-refractivity contribution in [3.63, 3.8) is 0 Å². The topological polar surface area (TPSA) is 35.6 Å². The molecule has 0 atom stereocenters. The molecule has 1 spiro atoms. The first-order valence-electron chi connectivity index (χ1n) is 9.29. The van der Waals surface area contributed by atoms with E-state index in [9.17, 15) is 4.79 Å². The van der Waals surface area contributed by atoms with Crippen LogP contribution in [0.15, 0.2) is 36.5 Å². The zero-order valence-electron chi connectivity index (χ0n) is 14.3. The summed E-state index contributed by atoms with van der Waals surface area (Å²) in [6.07, 6.45) is 10.2. The van der Waals surface area contributed by atoms with E-state index in [1.54, 1.807) is 0 Å². The zero-order chi connectivity index (χ0) is 16.4. The Balaban J connectivity index is 1.45. The van der Waals surface area contributed by atoms with Gasteiger partial charge in [-0.3, -0.25) is 4.79 Å². The highest BCUT2D eigenvalue weighted by Gasteiger charge is 2.38. The van der Waals surface area contributed by atoms with E-state index in [4.69, 9.17) is 0 Å². The molecule has 2 fully saturated rings. The first-order valence-corrected chi connectivity index (χ1v) is 9.29. The molecule has 1 N–H and O–H groups in total. The van der Waals surface area contributed by atoms with E-state index in [1.165, 1.54) is 24.9 Å². The van der Waals surface area contributed by atoms with Gasteiger partial charge < -0.3 is 15.1 Å². The number of anilines is 1. The van der Waals surface area contributed by atoms with Gasteiger partial charge in [-0.15, -0.1) is 0 Å². The Bertz CT molecular complexity index is 611. The number of hydrogen-bond acceptors (Lipinski definition) is 3. The molecule has 0 saturated carbocycles. The summed E-state index contributed by atoms with van der Waals surface area (Å²) >= 11 is 0. The van der Waals surface area contributed by atoms with E-state index in [1.807, 2.05) is 12.1 Å². The van der Waals surface area contributed by atoms with E-state index >= 15 is 0 Å². The van der Waals surface area contributed by atoms with Gasteiger partial charge in [0.15, 0.2) is 0 Å². The maximum Gasteiger partial charge on any atom is 0.253 e. The first-order chi connectivity index (χ1) is 11.8. The SMILES string of the molecule is O=C(c1ccc(N2C=CCC2)cc1)N1CCCC2(CCNCC2)C1. The predicted molar refractivity (Wildman–Crippen MR) is 97.2 cm³/mol. The molecule has 1 aromatic rings. The van der Waals surface area contributed by atoms with Crippen LogP contribution in [-0.4, -0.2) is 43.5 Å². The first kappa shape index (κ1) is 15.7. The van der Waals surface area contributed by atoms with Crippen LogP contribution in [0.4, 0.5) is 5.69 Å². The van der Waals surface area contributed by atoms with E-state index in [2.05, 4.69) is 39.5 Å². The molecule has 0 aromatic heterocycles. The minimum absolute atomic E-state index is 0.205. The molecule has 128 valence electrons. The average molecular weight is 325 g/mol. The molecular weight excluding hydrogens is 298 g/mol. The van der Waals surface area contributed by atoms with Crippen molar-refractivity contribution in [2.75, 3.05) is 37.6 Å². The Morgan fingerprint density at radius 3 is 2.54 bits per heavy atom. The van der Waals surface area contributed by atoms with Gasteiger partial charge in [-0.05, 0) is 74.9 Å². The van der Waals surface area contributed by atoms with Crippen molar-refractivity contribution in [1.82, 2.24) is 10.2 Å². The number of benzene rings is 1. The molecule has 2 saturated heterocycles. The third-order valence-corrected chi connectivity index (χ3v) is 5.88. The second-order valence-corrected chi connectivity index (χ2v) is 7.49. The van der Waals surface area contributed by atoms with Crippen molar-refractivity contribution < 1.29 is 4.79 Å². The summed E-state index contributed by atoms with van der Waals surface area (Å²) < 4.78 is 0. The van der Waals surface area contributed by atoms with Gasteiger partial charge in [0.25, 0.3) is 5.91 Å². The van der Waals surface area contributed by atoms with Crippen molar-refractivity contribution in [2.45, 2.75) is 32.1 Å². The minimum atomic E-state index is 0.205. The smallest absolute Gasteiger partial charge is 0.253 e. The number of carbonyl (C=O) groups excluding carboxylic acids is 1. The second-order valence-electron chi connectivity index (χ2n) is 7.49. The van der Waals surface area contributed by atoms with Crippen molar-refractivity contribution in [3.05, 3.63) is 42.1 Å². The quantitative estimate of drug-likeness (QED) is 0.908. The molecule has 0 radical (unpaired) electrons. The number of nitrogens with zero attached hydrogens (tertiary/aromatic N) is 2. The van der Waals surface area contributed by atoms with Gasteiger partial charge in [-0.1, -0.05) is 6.08 Å². The summed E-state index contributed by atoms with van der Waals surface area (Å²) in [6, 6.07) is 8.14. The number of nitrogens with one attached hydrogen (secondary N) is 1. The summed E-state index contributed by atoms with van der Waals surface area (Å²) in [5.74, 6) is 0.205. The Hall–Kier alpha value is -1.81. The van der Waals surface area contributed by atoms with Gasteiger partial charge >= 0.3 is 0 Å². The van der Waals surface area contributed by atoms with Gasteiger partial charge in [0.2, 0.25) is 0 Å². The third-order valence-electron chi connectivity index (χ3n) is 5.88. The predicted octanol–water partition coefficient (Wildman–Crippen LogP) is 3.02. The molecule has 0 bridgehead atoms. The lowest BCUT2D eigenvalue weighted by atomic mass is 9.73. The zero-order valence-corrected chi connectivity index (χ0v) is 14.3. The summed E-state index contributed by atoms with van der Waals surface area (Å²) in [4.78, 5) is 17.3. The van der Waals surface area contributed by atoms with E-state index in [-0.39, 0.29) is 5.91 Å². The van der Waals surface area contributed by atoms with Crippen LogP contribution in [-0.2, 0) is 0 Å². The van der Waals surface area contributed by atoms with Gasteiger partial charge in [-0.2, -0.15) is 0 Å². The third kappa shape index (κ3) is 3.07. The number of carbonyl (C=O) groups is 1. The minimum Gasteiger partial charge on any atom is -0.348 e. The largest absolute Gasteiger partial charge is 0.348 e. The fourth-order valence-corrected chi connectivity index (χ4v) is 4.43. The molecular formula is C20H27N3O. The van der Waals surface area contributed by atoms with E-state index in [0.717, 1.165) is 51.1 Å². The lowest BCUT2D eigenvalue weighted by Gasteiger charge is -2.45. The van der Waals surface area contributed by atoms with E-state index in [0.29, 0.717) is 5.41 Å². The standard InChI is InChI=1S/C20H27N3O/c24-19(17-4-6-18(7-5-17)22-13-1-2-14-22)23-15-3-8-20(16-23)9-11-21-12-10-20/h1,4-7,13,21H,2-3,8-12,14-16H2. The highest BCUT2D eigenvalue weighted by atomic mass is 16.2. The van der Waals surface area contributed by atoms with Crippen LogP contribution >= 0.6 is 0 Å². The van der Waals surface area contributed by atoms with Gasteiger partial charge in [-0.25, -0.2) is 0 Å². The maximum absolute atomic E-state index is 12.9. The number of hydrogen-bond donors (Lipinski definition) is 1. The monoisotopic (exact) mass is 325 g/mol. The molecule has 3 aliphatic heterocycles. The number of piperidine rings is 2. The summed E-state index contributed by atoms with van der Waals surface area (Å²) in [7, 11) is 0. The Morgan fingerprint density at radius 1 is 1.04 bits per heavy atom. The lowest BCUT2D eigenvalue weighted by molar-refractivity contribution is 0.0411. The summed E-state index contributed by atoms with van der Waals surface area (Å²) in [5.41, 5.74) is 2.36. The van der Waals surface area contributed by atoms with Crippen molar-refractivity contribution in [3.8, 4) is 0 Å². The van der Waals surface area contributed by atoms with Crippen molar-refractivity contribution in [1.29, 1.82) is 0 Å². The normalized spacial score (nSPS) is 23.0. The van der Waals surface area contributed by atoms with Crippen LogP contribution in [0.5, 0.6) is 0 Å². The van der Waals surface area contributed by atoms with Crippen LogP contribution in [0.1, 0.15) is 42.5 Å².